The van der Waals surface area contributed by atoms with Gasteiger partial charge in [-0.3, -0.25) is 0 Å². The number of hydrogen-bond donors (Lipinski definition) is 1. The van der Waals surface area contributed by atoms with E-state index in [9.17, 15) is 9.69 Å². The normalized spacial score (nSPS) is 19.4. The van der Waals surface area contributed by atoms with Crippen LogP contribution >= 0.6 is 6.98 Å². The van der Waals surface area contributed by atoms with Gasteiger partial charge < -0.3 is 0 Å². The fraction of sp³-hybridized carbons (Fsp3) is 0.208. The summed E-state index contributed by atoms with van der Waals surface area (Å²) in [5.41, 5.74) is 1.51. The molecule has 3 aromatic rings. The summed E-state index contributed by atoms with van der Waals surface area (Å²) in [7, 11) is 0. The van der Waals surface area contributed by atoms with E-state index in [1.54, 1.807) is 0 Å². The molecule has 0 bridgehead atoms. The molecule has 0 radical (unpaired) electrons. The van der Waals surface area contributed by atoms with Gasteiger partial charge in [0.1, 0.15) is 0 Å². The summed E-state index contributed by atoms with van der Waals surface area (Å²) < 4.78 is 0. The van der Waals surface area contributed by atoms with Gasteiger partial charge in [-0.25, -0.2) is 0 Å². The quantitative estimate of drug-likeness (QED) is 0.510. The molecular weight excluding hydrogens is 381 g/mol. The van der Waals surface area contributed by atoms with E-state index >= 15 is 0 Å². The van der Waals surface area contributed by atoms with Crippen LogP contribution in [0, 0.1) is 0 Å². The van der Waals surface area contributed by atoms with E-state index in [0.29, 0.717) is 12.0 Å². The van der Waals surface area contributed by atoms with E-state index in [1.807, 2.05) is 98.8 Å². The Balaban J connectivity index is 1.92. The molecule has 1 aliphatic rings. The first-order valence-corrected chi connectivity index (χ1v) is 12.0. The Morgan fingerprint density at radius 2 is 1.45 bits per heavy atom. The fourth-order valence-electron chi connectivity index (χ4n) is 4.62. The molecule has 4 rings (SSSR count). The molecule has 0 saturated carbocycles. The summed E-state index contributed by atoms with van der Waals surface area (Å²) in [4.78, 5) is 23.2. The first-order chi connectivity index (χ1) is 13.8. The van der Waals surface area contributed by atoms with Crippen LogP contribution in [0.3, 0.4) is 0 Å². The predicted octanol–water partition coefficient (Wildman–Crippen LogP) is 3.12. The van der Waals surface area contributed by atoms with Crippen molar-refractivity contribution in [3.63, 3.8) is 0 Å². The third kappa shape index (κ3) is 2.75. The molecule has 29 heavy (non-hydrogen) atoms. The van der Waals surface area contributed by atoms with Crippen molar-refractivity contribution in [3.05, 3.63) is 96.1 Å². The summed E-state index contributed by atoms with van der Waals surface area (Å²) in [5.74, 6) is -0.188. The van der Waals surface area contributed by atoms with Crippen molar-refractivity contribution in [2.75, 3.05) is 0 Å². The van der Waals surface area contributed by atoms with Gasteiger partial charge in [0.25, 0.3) is 0 Å². The van der Waals surface area contributed by atoms with Crippen LogP contribution in [-0.2, 0) is 0 Å². The van der Waals surface area contributed by atoms with Gasteiger partial charge in [0.2, 0.25) is 0 Å². The molecule has 1 heterocycles. The molecule has 0 fully saturated rings. The molecule has 0 saturated heterocycles. The van der Waals surface area contributed by atoms with Crippen molar-refractivity contribution in [2.45, 2.75) is 31.5 Å². The minimum absolute atomic E-state index is 0.188. The van der Waals surface area contributed by atoms with Gasteiger partial charge >= 0.3 is 171 Å². The van der Waals surface area contributed by atoms with E-state index in [1.165, 1.54) is 0 Å². The number of hydrogen-bond acceptors (Lipinski definition) is 1. The van der Waals surface area contributed by atoms with E-state index in [2.05, 4.69) is 5.09 Å². The Kier molecular flexibility index (Phi) is 4.62. The van der Waals surface area contributed by atoms with Crippen LogP contribution < -0.4 is 15.7 Å². The zero-order chi connectivity index (χ0) is 20.7. The van der Waals surface area contributed by atoms with Crippen LogP contribution in [0.1, 0.15) is 42.3 Å². The SMILES string of the molecule is CC(C)(C[C@H]([OH2+])c1ccccc1)P1([OH2+])(c2ccccc2)NC(=O)c2ccccc21. The molecule has 3 aromatic carbocycles. The summed E-state index contributed by atoms with van der Waals surface area (Å²) >= 11 is 0. The zero-order valence-corrected chi connectivity index (χ0v) is 17.6. The van der Waals surface area contributed by atoms with Gasteiger partial charge in [0.05, 0.1) is 0 Å². The number of rotatable bonds is 5. The molecule has 5 N–H and O–H groups in total. The topological polar surface area (TPSA) is 74.9 Å². The number of benzene rings is 3. The molecule has 0 unspecified atom stereocenters. The van der Waals surface area contributed by atoms with Gasteiger partial charge in [-0.15, -0.1) is 0 Å². The van der Waals surface area contributed by atoms with Crippen molar-refractivity contribution in [1.82, 2.24) is 5.09 Å². The average Bonchev–Trinajstić information content (AvgIpc) is 2.99. The molecule has 1 atom stereocenters. The van der Waals surface area contributed by atoms with Crippen molar-refractivity contribution in [2.24, 2.45) is 0 Å². The number of carbonyl (C=O) groups is 1. The Labute approximate surface area is 171 Å². The number of carbonyl (C=O) groups excluding carboxylic acids is 1. The Morgan fingerprint density at radius 3 is 2.10 bits per heavy atom. The molecule has 4 nitrogen and oxygen atoms in total. The molecular formula is C24H28NO3P+2. The number of amides is 1. The Hall–Kier alpha value is -2.52. The Bertz CT molecular complexity index is 1050. The maximum absolute atomic E-state index is 13.0. The van der Waals surface area contributed by atoms with E-state index in [-0.39, 0.29) is 5.91 Å². The van der Waals surface area contributed by atoms with Crippen LogP contribution in [0.4, 0.5) is 0 Å². The molecule has 150 valence electrons. The second kappa shape index (κ2) is 6.77. The van der Waals surface area contributed by atoms with Gasteiger partial charge in [0, 0.05) is 0 Å². The predicted molar refractivity (Wildman–Crippen MR) is 122 cm³/mol. The average molecular weight is 409 g/mol. The van der Waals surface area contributed by atoms with Crippen LogP contribution in [0.2, 0.25) is 0 Å². The first kappa shape index (κ1) is 19.8. The van der Waals surface area contributed by atoms with Crippen LogP contribution in [0.15, 0.2) is 84.9 Å². The van der Waals surface area contributed by atoms with E-state index in [4.69, 9.17) is 5.11 Å². The van der Waals surface area contributed by atoms with Crippen molar-refractivity contribution in [3.8, 4) is 0 Å². The molecule has 0 aromatic heterocycles. The fourth-order valence-corrected chi connectivity index (χ4v) is 9.69. The minimum atomic E-state index is -3.90. The monoisotopic (exact) mass is 409 g/mol. The summed E-state index contributed by atoms with van der Waals surface area (Å²) in [6, 6.07) is 26.9. The van der Waals surface area contributed by atoms with Crippen molar-refractivity contribution in [1.29, 1.82) is 0 Å². The molecule has 0 aliphatic carbocycles. The molecule has 1 amide bonds. The van der Waals surface area contributed by atoms with Crippen LogP contribution in [-0.4, -0.2) is 21.1 Å². The summed E-state index contributed by atoms with van der Waals surface area (Å²) in [5, 5.41) is 13.0. The van der Waals surface area contributed by atoms with Gasteiger partial charge in [-0.1, -0.05) is 0 Å². The second-order valence-corrected chi connectivity index (χ2v) is 13.1. The summed E-state index contributed by atoms with van der Waals surface area (Å²) in [6.07, 6.45) is -0.0223. The number of fused-ring (bicyclic) bond motifs is 1. The van der Waals surface area contributed by atoms with E-state index in [0.717, 1.165) is 16.2 Å². The van der Waals surface area contributed by atoms with Crippen molar-refractivity contribution >= 4 is 23.5 Å². The van der Waals surface area contributed by atoms with Crippen molar-refractivity contribution < 1.29 is 14.8 Å². The van der Waals surface area contributed by atoms with Gasteiger partial charge in [-0.2, -0.15) is 0 Å². The molecule has 0 spiro atoms. The molecule has 1 aliphatic heterocycles. The van der Waals surface area contributed by atoms with Crippen LogP contribution in [0.5, 0.6) is 0 Å². The maximum atomic E-state index is 13.0. The first-order valence-electron chi connectivity index (χ1n) is 9.81. The standard InChI is InChI=1S/C24H26NO3P/c1-24(2,17-21(26)18-11-5-3-6-12-18)29(28,19-13-7-4-8-14-19)22-16-10-9-15-20(22)23(27)25-29/h3-16,21,26,28H,17H2,1-2H3,(H,25,27)/p+2/t21-/m0/s1. The van der Waals surface area contributed by atoms with Gasteiger partial charge in [0.15, 0.2) is 0 Å². The van der Waals surface area contributed by atoms with Gasteiger partial charge in [-0.05, 0) is 0 Å². The second-order valence-electron chi connectivity index (χ2n) is 8.39. The third-order valence-corrected chi connectivity index (χ3v) is 12.3. The van der Waals surface area contributed by atoms with E-state index < -0.39 is 18.2 Å². The molecule has 5 heteroatoms. The summed E-state index contributed by atoms with van der Waals surface area (Å²) in [6.45, 7) is 0.178. The zero-order valence-electron chi connectivity index (χ0n) is 16.7. The number of nitrogens with one attached hydrogen (secondary N) is 1. The third-order valence-electron chi connectivity index (χ3n) is 6.34. The Morgan fingerprint density at radius 1 is 0.897 bits per heavy atom. The van der Waals surface area contributed by atoms with Crippen LogP contribution in [0.25, 0.3) is 0 Å².